The van der Waals surface area contributed by atoms with Gasteiger partial charge in [0, 0.05) is 6.92 Å². The predicted octanol–water partition coefficient (Wildman–Crippen LogP) is 1.14. The number of hydrogen-bond donors (Lipinski definition) is 3. The average Bonchev–Trinajstić information content (AvgIpc) is 2.38. The summed E-state index contributed by atoms with van der Waals surface area (Å²) in [5, 5.41) is 16.3. The molecule has 1 aromatic carbocycles. The molecule has 104 valence electrons. The number of carbonyl (C=O) groups is 1. The maximum Gasteiger partial charge on any atom is 0.221 e. The zero-order valence-electron chi connectivity index (χ0n) is 11.1. The van der Waals surface area contributed by atoms with E-state index in [0.29, 0.717) is 24.3 Å². The zero-order valence-corrected chi connectivity index (χ0v) is 11.1. The van der Waals surface area contributed by atoms with E-state index in [4.69, 9.17) is 4.74 Å². The number of carbonyl (C=O) groups excluding carboxylic acids is 1. The minimum Gasteiger partial charge on any atom is -0.488 e. The summed E-state index contributed by atoms with van der Waals surface area (Å²) >= 11 is 0. The van der Waals surface area contributed by atoms with Gasteiger partial charge in [0.1, 0.15) is 18.0 Å². The van der Waals surface area contributed by atoms with Gasteiger partial charge in [0.25, 0.3) is 0 Å². The van der Waals surface area contributed by atoms with Crippen LogP contribution in [0.5, 0.6) is 5.75 Å². The van der Waals surface area contributed by atoms with Crippen LogP contribution in [0.4, 0.5) is 5.69 Å². The van der Waals surface area contributed by atoms with Gasteiger partial charge in [0.05, 0.1) is 5.69 Å². The fourth-order valence-electron chi connectivity index (χ4n) is 2.13. The first-order valence-corrected chi connectivity index (χ1v) is 6.52. The van der Waals surface area contributed by atoms with Crippen LogP contribution in [0.15, 0.2) is 24.3 Å². The van der Waals surface area contributed by atoms with Crippen molar-refractivity contribution in [3.05, 3.63) is 24.3 Å². The number of rotatable bonds is 4. The number of anilines is 1. The minimum absolute atomic E-state index is 0.142. The number of para-hydroxylation sites is 2. The number of piperidine rings is 1. The van der Waals surface area contributed by atoms with Crippen molar-refractivity contribution in [3.8, 4) is 5.75 Å². The second-order valence-electron chi connectivity index (χ2n) is 4.94. The molecule has 0 radical (unpaired) electrons. The van der Waals surface area contributed by atoms with Crippen LogP contribution in [0, 0.1) is 0 Å². The van der Waals surface area contributed by atoms with E-state index in [2.05, 4.69) is 10.6 Å². The van der Waals surface area contributed by atoms with E-state index < -0.39 is 5.60 Å². The van der Waals surface area contributed by atoms with Crippen LogP contribution < -0.4 is 15.4 Å². The van der Waals surface area contributed by atoms with Crippen LogP contribution in [0.2, 0.25) is 0 Å². The van der Waals surface area contributed by atoms with Gasteiger partial charge in [-0.1, -0.05) is 12.1 Å². The van der Waals surface area contributed by atoms with Gasteiger partial charge in [0.2, 0.25) is 5.91 Å². The van der Waals surface area contributed by atoms with Gasteiger partial charge in [-0.05, 0) is 38.1 Å². The molecule has 0 unspecified atom stereocenters. The lowest BCUT2D eigenvalue weighted by Gasteiger charge is -2.32. The molecule has 0 spiro atoms. The SMILES string of the molecule is CC(=O)Nc1ccccc1OCC1(O)CCNCC1. The van der Waals surface area contributed by atoms with Gasteiger partial charge in [-0.3, -0.25) is 4.79 Å². The van der Waals surface area contributed by atoms with Crippen molar-refractivity contribution in [1.82, 2.24) is 5.32 Å². The van der Waals surface area contributed by atoms with Gasteiger partial charge in [-0.15, -0.1) is 0 Å². The van der Waals surface area contributed by atoms with Crippen LogP contribution in [0.25, 0.3) is 0 Å². The summed E-state index contributed by atoms with van der Waals surface area (Å²) < 4.78 is 5.69. The molecule has 1 saturated heterocycles. The Balaban J connectivity index is 2.00. The number of aliphatic hydroxyl groups is 1. The quantitative estimate of drug-likeness (QED) is 0.762. The average molecular weight is 264 g/mol. The molecule has 1 fully saturated rings. The Bertz CT molecular complexity index is 442. The molecule has 19 heavy (non-hydrogen) atoms. The van der Waals surface area contributed by atoms with E-state index >= 15 is 0 Å². The van der Waals surface area contributed by atoms with Gasteiger partial charge >= 0.3 is 0 Å². The number of nitrogens with one attached hydrogen (secondary N) is 2. The van der Waals surface area contributed by atoms with Crippen LogP contribution in [-0.4, -0.2) is 36.3 Å². The second kappa shape index (κ2) is 6.04. The smallest absolute Gasteiger partial charge is 0.221 e. The predicted molar refractivity (Wildman–Crippen MR) is 73.3 cm³/mol. The Kier molecular flexibility index (Phi) is 4.39. The van der Waals surface area contributed by atoms with Crippen LogP contribution >= 0.6 is 0 Å². The Morgan fingerprint density at radius 2 is 2.11 bits per heavy atom. The summed E-state index contributed by atoms with van der Waals surface area (Å²) in [6.45, 7) is 3.29. The molecule has 0 aromatic heterocycles. The van der Waals surface area contributed by atoms with Crippen molar-refractivity contribution in [2.24, 2.45) is 0 Å². The van der Waals surface area contributed by atoms with Crippen molar-refractivity contribution in [3.63, 3.8) is 0 Å². The van der Waals surface area contributed by atoms with E-state index in [1.807, 2.05) is 12.1 Å². The fraction of sp³-hybridized carbons (Fsp3) is 0.500. The van der Waals surface area contributed by atoms with Crippen molar-refractivity contribution in [2.45, 2.75) is 25.4 Å². The van der Waals surface area contributed by atoms with Gasteiger partial charge in [0.15, 0.2) is 0 Å². The maximum absolute atomic E-state index is 11.1. The Morgan fingerprint density at radius 3 is 2.79 bits per heavy atom. The molecular weight excluding hydrogens is 244 g/mol. The number of ether oxygens (including phenoxy) is 1. The lowest BCUT2D eigenvalue weighted by Crippen LogP contribution is -2.46. The second-order valence-corrected chi connectivity index (χ2v) is 4.94. The van der Waals surface area contributed by atoms with Gasteiger partial charge in [-0.2, -0.15) is 0 Å². The summed E-state index contributed by atoms with van der Waals surface area (Å²) in [4.78, 5) is 11.1. The third-order valence-electron chi connectivity index (χ3n) is 3.23. The summed E-state index contributed by atoms with van der Waals surface area (Å²) in [6, 6.07) is 7.24. The lowest BCUT2D eigenvalue weighted by atomic mass is 9.93. The summed E-state index contributed by atoms with van der Waals surface area (Å²) in [7, 11) is 0. The largest absolute Gasteiger partial charge is 0.488 e. The highest BCUT2D eigenvalue weighted by Gasteiger charge is 2.30. The van der Waals surface area contributed by atoms with Crippen LogP contribution in [0.1, 0.15) is 19.8 Å². The molecule has 5 nitrogen and oxygen atoms in total. The van der Waals surface area contributed by atoms with Crippen LogP contribution in [-0.2, 0) is 4.79 Å². The van der Waals surface area contributed by atoms with Crippen molar-refractivity contribution < 1.29 is 14.6 Å². The van der Waals surface area contributed by atoms with E-state index in [1.54, 1.807) is 12.1 Å². The molecule has 0 aliphatic carbocycles. The van der Waals surface area contributed by atoms with E-state index in [9.17, 15) is 9.90 Å². The molecule has 2 rings (SSSR count). The highest BCUT2D eigenvalue weighted by atomic mass is 16.5. The van der Waals surface area contributed by atoms with E-state index in [-0.39, 0.29) is 12.5 Å². The summed E-state index contributed by atoms with van der Waals surface area (Å²) in [6.07, 6.45) is 1.35. The molecule has 1 heterocycles. The third kappa shape index (κ3) is 3.94. The fourth-order valence-corrected chi connectivity index (χ4v) is 2.13. The number of hydrogen-bond acceptors (Lipinski definition) is 4. The topological polar surface area (TPSA) is 70.6 Å². The molecule has 1 aliphatic heterocycles. The van der Waals surface area contributed by atoms with E-state index in [0.717, 1.165) is 13.1 Å². The molecule has 1 amide bonds. The first-order chi connectivity index (χ1) is 9.09. The molecule has 1 aromatic rings. The van der Waals surface area contributed by atoms with Crippen LogP contribution in [0.3, 0.4) is 0 Å². The first-order valence-electron chi connectivity index (χ1n) is 6.52. The molecule has 1 aliphatic rings. The summed E-state index contributed by atoms with van der Waals surface area (Å²) in [5.74, 6) is 0.446. The minimum atomic E-state index is -0.783. The van der Waals surface area contributed by atoms with Crippen molar-refractivity contribution >= 4 is 11.6 Å². The Morgan fingerprint density at radius 1 is 1.42 bits per heavy atom. The van der Waals surface area contributed by atoms with Crippen molar-refractivity contribution in [2.75, 3.05) is 25.0 Å². The molecule has 3 N–H and O–H groups in total. The summed E-state index contributed by atoms with van der Waals surface area (Å²) in [5.41, 5.74) is -0.151. The third-order valence-corrected chi connectivity index (χ3v) is 3.23. The highest BCUT2D eigenvalue weighted by molar-refractivity contribution is 5.90. The lowest BCUT2D eigenvalue weighted by molar-refractivity contribution is -0.114. The standard InChI is InChI=1S/C14H20N2O3/c1-11(17)16-12-4-2-3-5-13(12)19-10-14(18)6-8-15-9-7-14/h2-5,15,18H,6-10H2,1H3,(H,16,17). The molecule has 0 saturated carbocycles. The first kappa shape index (κ1) is 13.8. The monoisotopic (exact) mass is 264 g/mol. The normalized spacial score (nSPS) is 17.8. The van der Waals surface area contributed by atoms with Gasteiger partial charge < -0.3 is 20.5 Å². The zero-order chi connectivity index (χ0) is 13.7. The molecule has 0 atom stereocenters. The number of benzene rings is 1. The Hall–Kier alpha value is -1.59. The van der Waals surface area contributed by atoms with Crippen molar-refractivity contribution in [1.29, 1.82) is 0 Å². The number of amides is 1. The molecule has 0 bridgehead atoms. The van der Waals surface area contributed by atoms with Gasteiger partial charge in [-0.25, -0.2) is 0 Å². The highest BCUT2D eigenvalue weighted by Crippen LogP contribution is 2.26. The molecular formula is C14H20N2O3. The maximum atomic E-state index is 11.1. The van der Waals surface area contributed by atoms with E-state index in [1.165, 1.54) is 6.92 Å². The molecule has 5 heteroatoms. The Labute approximate surface area is 113 Å².